The van der Waals surface area contributed by atoms with E-state index in [0.29, 0.717) is 12.1 Å². The van der Waals surface area contributed by atoms with E-state index in [1.807, 2.05) is 0 Å². The molecule has 1 fully saturated rings. The summed E-state index contributed by atoms with van der Waals surface area (Å²) in [4.78, 5) is 0. The molecule has 1 aliphatic carbocycles. The molecule has 1 aromatic rings. The zero-order valence-corrected chi connectivity index (χ0v) is 10.1. The third-order valence-electron chi connectivity index (χ3n) is 3.87. The Labute approximate surface area is 102 Å². The van der Waals surface area contributed by atoms with Gasteiger partial charge in [-0.05, 0) is 37.8 Å². The minimum absolute atomic E-state index is 0.415. The Morgan fingerprint density at radius 3 is 2.82 bits per heavy atom. The largest absolute Gasteiger partial charge is 0.493 e. The molecule has 1 heterocycles. The van der Waals surface area contributed by atoms with E-state index < -0.39 is 0 Å². The number of ether oxygens (including phenoxy) is 1. The predicted molar refractivity (Wildman–Crippen MR) is 69.5 cm³/mol. The van der Waals surface area contributed by atoms with Gasteiger partial charge >= 0.3 is 0 Å². The number of rotatable bonds is 2. The van der Waals surface area contributed by atoms with Gasteiger partial charge in [-0.3, -0.25) is 0 Å². The fourth-order valence-corrected chi connectivity index (χ4v) is 2.84. The van der Waals surface area contributed by atoms with Gasteiger partial charge in [0.2, 0.25) is 0 Å². The second-order valence-electron chi connectivity index (χ2n) is 5.14. The number of hydrogen-bond acceptors (Lipinski definition) is 3. The van der Waals surface area contributed by atoms with Crippen molar-refractivity contribution in [2.24, 2.45) is 5.73 Å². The van der Waals surface area contributed by atoms with Gasteiger partial charge in [0, 0.05) is 29.8 Å². The highest BCUT2D eigenvalue weighted by molar-refractivity contribution is 5.59. The van der Waals surface area contributed by atoms with Crippen molar-refractivity contribution < 1.29 is 4.74 Å². The predicted octanol–water partition coefficient (Wildman–Crippen LogP) is 2.30. The van der Waals surface area contributed by atoms with Crippen LogP contribution in [0.15, 0.2) is 18.2 Å². The summed E-state index contributed by atoms with van der Waals surface area (Å²) in [6.07, 6.45) is 5.69. The number of anilines is 1. The molecule has 2 aliphatic rings. The summed E-state index contributed by atoms with van der Waals surface area (Å²) < 4.78 is 5.59. The Hall–Kier alpha value is -1.22. The maximum atomic E-state index is 5.93. The Kier molecular flexibility index (Phi) is 2.93. The van der Waals surface area contributed by atoms with Gasteiger partial charge in [0.25, 0.3) is 0 Å². The molecule has 3 rings (SSSR count). The van der Waals surface area contributed by atoms with E-state index in [1.165, 1.54) is 24.1 Å². The van der Waals surface area contributed by atoms with Gasteiger partial charge in [-0.25, -0.2) is 0 Å². The first-order chi connectivity index (χ1) is 8.33. The topological polar surface area (TPSA) is 47.3 Å². The quantitative estimate of drug-likeness (QED) is 0.822. The van der Waals surface area contributed by atoms with Crippen LogP contribution in [0.3, 0.4) is 0 Å². The summed E-state index contributed by atoms with van der Waals surface area (Å²) in [5, 5.41) is 3.67. The molecule has 92 valence electrons. The Balaban J connectivity index is 1.71. The highest BCUT2D eigenvalue weighted by Gasteiger charge is 2.21. The molecule has 1 saturated carbocycles. The molecule has 0 amide bonds. The zero-order chi connectivity index (χ0) is 11.7. The van der Waals surface area contributed by atoms with Crippen LogP contribution in [0.2, 0.25) is 0 Å². The van der Waals surface area contributed by atoms with E-state index in [-0.39, 0.29) is 0 Å². The van der Waals surface area contributed by atoms with Crippen molar-refractivity contribution in [3.8, 4) is 5.75 Å². The van der Waals surface area contributed by atoms with E-state index in [1.54, 1.807) is 0 Å². The van der Waals surface area contributed by atoms with E-state index in [2.05, 4.69) is 23.5 Å². The number of nitrogens with two attached hydrogens (primary N) is 1. The maximum Gasteiger partial charge on any atom is 0.124 e. The zero-order valence-electron chi connectivity index (χ0n) is 10.1. The first-order valence-electron chi connectivity index (χ1n) is 6.60. The third-order valence-corrected chi connectivity index (χ3v) is 3.87. The molecule has 3 nitrogen and oxygen atoms in total. The summed E-state index contributed by atoms with van der Waals surface area (Å²) >= 11 is 0. The van der Waals surface area contributed by atoms with Crippen molar-refractivity contribution >= 4 is 5.69 Å². The smallest absolute Gasteiger partial charge is 0.124 e. The molecule has 0 radical (unpaired) electrons. The van der Waals surface area contributed by atoms with Crippen LogP contribution in [0.25, 0.3) is 0 Å². The molecule has 0 atom stereocenters. The van der Waals surface area contributed by atoms with Crippen LogP contribution in [0.1, 0.15) is 31.2 Å². The van der Waals surface area contributed by atoms with Gasteiger partial charge in [0.1, 0.15) is 5.75 Å². The summed E-state index contributed by atoms with van der Waals surface area (Å²) in [5.41, 5.74) is 8.55. The van der Waals surface area contributed by atoms with E-state index >= 15 is 0 Å². The Morgan fingerprint density at radius 1 is 1.18 bits per heavy atom. The van der Waals surface area contributed by atoms with Crippen LogP contribution in [0.4, 0.5) is 5.69 Å². The molecule has 0 bridgehead atoms. The number of hydrogen-bond donors (Lipinski definition) is 2. The molecule has 1 aliphatic heterocycles. The van der Waals surface area contributed by atoms with Crippen molar-refractivity contribution in [3.05, 3.63) is 23.8 Å². The van der Waals surface area contributed by atoms with Crippen molar-refractivity contribution in [1.82, 2.24) is 0 Å². The molecule has 0 unspecified atom stereocenters. The van der Waals surface area contributed by atoms with Crippen LogP contribution in [-0.4, -0.2) is 18.7 Å². The van der Waals surface area contributed by atoms with Crippen molar-refractivity contribution in [2.45, 2.75) is 44.2 Å². The summed E-state index contributed by atoms with van der Waals surface area (Å²) in [6, 6.07) is 7.30. The van der Waals surface area contributed by atoms with Gasteiger partial charge in [-0.15, -0.1) is 0 Å². The molecule has 0 spiro atoms. The summed E-state index contributed by atoms with van der Waals surface area (Å²) in [6.45, 7) is 0.823. The van der Waals surface area contributed by atoms with Crippen molar-refractivity contribution in [3.63, 3.8) is 0 Å². The molecule has 3 N–H and O–H groups in total. The Bertz CT molecular complexity index is 397. The standard InChI is InChI=1S/C14H20N2O/c15-10-4-6-11(7-5-10)16-13-2-1-3-14-12(13)8-9-17-14/h1-3,10-11,16H,4-9,15H2. The second kappa shape index (κ2) is 4.57. The van der Waals surface area contributed by atoms with Gasteiger partial charge < -0.3 is 15.8 Å². The minimum Gasteiger partial charge on any atom is -0.493 e. The summed E-state index contributed by atoms with van der Waals surface area (Å²) in [7, 11) is 0. The maximum absolute atomic E-state index is 5.93. The minimum atomic E-state index is 0.415. The van der Waals surface area contributed by atoms with Gasteiger partial charge in [-0.1, -0.05) is 6.07 Å². The first-order valence-corrected chi connectivity index (χ1v) is 6.60. The van der Waals surface area contributed by atoms with Crippen LogP contribution >= 0.6 is 0 Å². The van der Waals surface area contributed by atoms with Crippen LogP contribution in [-0.2, 0) is 6.42 Å². The van der Waals surface area contributed by atoms with Crippen molar-refractivity contribution in [1.29, 1.82) is 0 Å². The fourth-order valence-electron chi connectivity index (χ4n) is 2.84. The number of fused-ring (bicyclic) bond motifs is 1. The molecular weight excluding hydrogens is 212 g/mol. The van der Waals surface area contributed by atoms with Gasteiger partial charge in [-0.2, -0.15) is 0 Å². The lowest BCUT2D eigenvalue weighted by atomic mass is 9.91. The molecule has 3 heteroatoms. The third kappa shape index (κ3) is 2.25. The normalized spacial score (nSPS) is 27.4. The van der Waals surface area contributed by atoms with Crippen LogP contribution in [0.5, 0.6) is 5.75 Å². The summed E-state index contributed by atoms with van der Waals surface area (Å²) in [5.74, 6) is 1.06. The van der Waals surface area contributed by atoms with Gasteiger partial charge in [0.05, 0.1) is 6.61 Å². The monoisotopic (exact) mass is 232 g/mol. The lowest BCUT2D eigenvalue weighted by Gasteiger charge is -2.28. The number of benzene rings is 1. The van der Waals surface area contributed by atoms with E-state index in [0.717, 1.165) is 31.6 Å². The molecule has 0 aromatic heterocycles. The van der Waals surface area contributed by atoms with Crippen LogP contribution < -0.4 is 15.8 Å². The molecule has 1 aromatic carbocycles. The fraction of sp³-hybridized carbons (Fsp3) is 0.571. The molecular formula is C14H20N2O. The van der Waals surface area contributed by atoms with Crippen molar-refractivity contribution in [2.75, 3.05) is 11.9 Å². The SMILES string of the molecule is NC1CCC(Nc2cccc3c2CCO3)CC1. The van der Waals surface area contributed by atoms with Crippen LogP contribution in [0, 0.1) is 0 Å². The highest BCUT2D eigenvalue weighted by atomic mass is 16.5. The molecule has 0 saturated heterocycles. The first kappa shape index (κ1) is 10.9. The Morgan fingerprint density at radius 2 is 2.00 bits per heavy atom. The van der Waals surface area contributed by atoms with E-state index in [4.69, 9.17) is 10.5 Å². The van der Waals surface area contributed by atoms with Gasteiger partial charge in [0.15, 0.2) is 0 Å². The second-order valence-corrected chi connectivity index (χ2v) is 5.14. The lowest BCUT2D eigenvalue weighted by Crippen LogP contribution is -2.32. The average Bonchev–Trinajstić information content (AvgIpc) is 2.81. The molecule has 17 heavy (non-hydrogen) atoms. The number of nitrogens with one attached hydrogen (secondary N) is 1. The highest BCUT2D eigenvalue weighted by Crippen LogP contribution is 2.33. The average molecular weight is 232 g/mol. The lowest BCUT2D eigenvalue weighted by molar-refractivity contribution is 0.357. The van der Waals surface area contributed by atoms with E-state index in [9.17, 15) is 0 Å².